The molecule has 4 rings (SSSR count). The van der Waals surface area contributed by atoms with E-state index in [9.17, 15) is 5.11 Å². The van der Waals surface area contributed by atoms with Crippen molar-refractivity contribution < 1.29 is 5.11 Å². The third-order valence-electron chi connectivity index (χ3n) is 4.67. The first kappa shape index (κ1) is 10.1. The molecule has 88 valence electrons. The summed E-state index contributed by atoms with van der Waals surface area (Å²) in [5.74, 6) is 2.19. The second-order valence-corrected chi connectivity index (χ2v) is 6.38. The van der Waals surface area contributed by atoms with Gasteiger partial charge in [0.25, 0.3) is 0 Å². The Morgan fingerprint density at radius 2 is 2.00 bits per heavy atom. The zero-order valence-electron chi connectivity index (χ0n) is 9.67. The van der Waals surface area contributed by atoms with Crippen LogP contribution in [0.4, 0.5) is 0 Å². The van der Waals surface area contributed by atoms with Crippen LogP contribution in [-0.4, -0.2) is 5.11 Å². The maximum absolute atomic E-state index is 10.6. The van der Waals surface area contributed by atoms with Crippen molar-refractivity contribution in [3.05, 3.63) is 35.2 Å². The van der Waals surface area contributed by atoms with Gasteiger partial charge in [-0.25, -0.2) is 0 Å². The molecule has 0 saturated heterocycles. The number of hydrogen-bond donors (Lipinski definition) is 1. The molecule has 1 N–H and O–H groups in total. The van der Waals surface area contributed by atoms with Gasteiger partial charge in [0.05, 0.1) is 6.10 Å². The van der Waals surface area contributed by atoms with Gasteiger partial charge in [-0.2, -0.15) is 0 Å². The monoisotopic (exact) mass is 244 g/mol. The molecule has 1 heterocycles. The zero-order chi connectivity index (χ0) is 11.4. The van der Waals surface area contributed by atoms with E-state index in [1.807, 2.05) is 0 Å². The summed E-state index contributed by atoms with van der Waals surface area (Å²) in [5, 5.41) is 14.0. The molecule has 2 fully saturated rings. The van der Waals surface area contributed by atoms with Gasteiger partial charge >= 0.3 is 0 Å². The quantitative estimate of drug-likeness (QED) is 0.847. The Hall–Kier alpha value is -0.860. The lowest BCUT2D eigenvalue weighted by molar-refractivity contribution is 0.139. The maximum Gasteiger partial charge on any atom is 0.0837 e. The predicted octanol–water partition coefficient (Wildman–Crippen LogP) is 3.98. The molecule has 0 radical (unpaired) electrons. The van der Waals surface area contributed by atoms with Crippen LogP contribution < -0.4 is 0 Å². The number of rotatable bonds is 2. The summed E-state index contributed by atoms with van der Waals surface area (Å²) in [6.07, 6.45) is 3.83. The van der Waals surface area contributed by atoms with Crippen LogP contribution in [0.25, 0.3) is 10.1 Å². The van der Waals surface area contributed by atoms with E-state index in [0.717, 1.165) is 17.4 Å². The summed E-state index contributed by atoms with van der Waals surface area (Å²) in [6.45, 7) is 0. The van der Waals surface area contributed by atoms with E-state index in [-0.39, 0.29) is 6.10 Å². The normalized spacial score (nSPS) is 32.6. The molecule has 1 aromatic carbocycles. The van der Waals surface area contributed by atoms with Gasteiger partial charge in [0.15, 0.2) is 0 Å². The predicted molar refractivity (Wildman–Crippen MR) is 71.1 cm³/mol. The third-order valence-corrected chi connectivity index (χ3v) is 5.64. The molecule has 3 unspecified atom stereocenters. The lowest BCUT2D eigenvalue weighted by Crippen LogP contribution is -2.04. The van der Waals surface area contributed by atoms with Crippen molar-refractivity contribution in [1.82, 2.24) is 0 Å². The molecule has 1 nitrogen and oxygen atoms in total. The van der Waals surface area contributed by atoms with Crippen molar-refractivity contribution in [1.29, 1.82) is 0 Å². The van der Waals surface area contributed by atoms with Crippen molar-refractivity contribution in [3.63, 3.8) is 0 Å². The number of thiophene rings is 1. The van der Waals surface area contributed by atoms with Gasteiger partial charge in [-0.1, -0.05) is 24.6 Å². The average Bonchev–Trinajstić information content (AvgIpc) is 2.77. The Labute approximate surface area is 105 Å². The Kier molecular flexibility index (Phi) is 2.12. The first-order valence-corrected chi connectivity index (χ1v) is 7.38. The Morgan fingerprint density at radius 3 is 2.82 bits per heavy atom. The van der Waals surface area contributed by atoms with Gasteiger partial charge in [-0.15, -0.1) is 11.3 Å². The number of hydrogen-bond acceptors (Lipinski definition) is 2. The van der Waals surface area contributed by atoms with Crippen LogP contribution in [0.15, 0.2) is 29.6 Å². The molecule has 3 atom stereocenters. The van der Waals surface area contributed by atoms with Crippen LogP contribution in [0, 0.1) is 17.8 Å². The van der Waals surface area contributed by atoms with Gasteiger partial charge < -0.3 is 5.11 Å². The zero-order valence-corrected chi connectivity index (χ0v) is 10.5. The van der Waals surface area contributed by atoms with E-state index in [4.69, 9.17) is 0 Å². The molecule has 0 aliphatic heterocycles. The number of aliphatic hydroxyl groups is 1. The Balaban J connectivity index is 1.72. The minimum absolute atomic E-state index is 0.229. The largest absolute Gasteiger partial charge is 0.388 e. The van der Waals surface area contributed by atoms with E-state index in [0.29, 0.717) is 5.92 Å². The molecule has 2 saturated carbocycles. The minimum Gasteiger partial charge on any atom is -0.388 e. The second kappa shape index (κ2) is 3.56. The highest BCUT2D eigenvalue weighted by atomic mass is 32.1. The molecular weight excluding hydrogens is 228 g/mol. The van der Waals surface area contributed by atoms with Crippen LogP contribution in [0.3, 0.4) is 0 Å². The van der Waals surface area contributed by atoms with E-state index < -0.39 is 0 Å². The highest BCUT2D eigenvalue weighted by Gasteiger charge is 2.56. The summed E-state index contributed by atoms with van der Waals surface area (Å²) in [4.78, 5) is 0. The molecule has 2 aliphatic carbocycles. The second-order valence-electron chi connectivity index (χ2n) is 5.47. The summed E-state index contributed by atoms with van der Waals surface area (Å²) < 4.78 is 1.28. The highest BCUT2D eigenvalue weighted by molar-refractivity contribution is 7.17. The molecular formula is C15H16OS. The van der Waals surface area contributed by atoms with Crippen molar-refractivity contribution in [2.75, 3.05) is 0 Å². The Morgan fingerprint density at radius 1 is 1.18 bits per heavy atom. The van der Waals surface area contributed by atoms with Crippen molar-refractivity contribution in [2.45, 2.75) is 25.4 Å². The molecule has 17 heavy (non-hydrogen) atoms. The van der Waals surface area contributed by atoms with Crippen LogP contribution in [0.5, 0.6) is 0 Å². The first-order chi connectivity index (χ1) is 8.36. The summed E-state index contributed by atoms with van der Waals surface area (Å²) in [6, 6.07) is 8.46. The standard InChI is InChI=1S/C15H16OS/c16-14(13-10-4-2-5-11(10)13)12-6-1-3-9-7-8-17-15(9)12/h1,3,6-8,10-11,13-14,16H,2,4-5H2. The van der Waals surface area contributed by atoms with Gasteiger partial charge in [0.2, 0.25) is 0 Å². The molecule has 0 spiro atoms. The van der Waals surface area contributed by atoms with Crippen molar-refractivity contribution in [3.8, 4) is 0 Å². The number of aliphatic hydroxyl groups excluding tert-OH is 1. The van der Waals surface area contributed by atoms with Gasteiger partial charge in [-0.3, -0.25) is 0 Å². The minimum atomic E-state index is -0.229. The van der Waals surface area contributed by atoms with Gasteiger partial charge in [0.1, 0.15) is 0 Å². The van der Waals surface area contributed by atoms with Crippen LogP contribution in [0.2, 0.25) is 0 Å². The maximum atomic E-state index is 10.6. The van der Waals surface area contributed by atoms with E-state index in [1.54, 1.807) is 11.3 Å². The van der Waals surface area contributed by atoms with Crippen molar-refractivity contribution in [2.24, 2.45) is 17.8 Å². The molecule has 1 aromatic heterocycles. The number of benzene rings is 1. The van der Waals surface area contributed by atoms with E-state index >= 15 is 0 Å². The Bertz CT molecular complexity index is 549. The van der Waals surface area contributed by atoms with E-state index in [2.05, 4.69) is 29.6 Å². The molecule has 0 amide bonds. The van der Waals surface area contributed by atoms with Crippen LogP contribution >= 0.6 is 11.3 Å². The fourth-order valence-electron chi connectivity index (χ4n) is 3.80. The van der Waals surface area contributed by atoms with Crippen LogP contribution in [-0.2, 0) is 0 Å². The summed E-state index contributed by atoms with van der Waals surface area (Å²) >= 11 is 1.76. The van der Waals surface area contributed by atoms with E-state index in [1.165, 1.54) is 29.3 Å². The SMILES string of the molecule is OC(c1cccc2ccsc12)C1C2CCCC21. The lowest BCUT2D eigenvalue weighted by Gasteiger charge is -2.13. The molecule has 2 aromatic rings. The van der Waals surface area contributed by atoms with Crippen molar-refractivity contribution >= 4 is 21.4 Å². The third kappa shape index (κ3) is 1.40. The highest BCUT2D eigenvalue weighted by Crippen LogP contribution is 2.62. The van der Waals surface area contributed by atoms with Crippen LogP contribution in [0.1, 0.15) is 30.9 Å². The molecule has 2 aliphatic rings. The first-order valence-electron chi connectivity index (χ1n) is 6.50. The topological polar surface area (TPSA) is 20.2 Å². The van der Waals surface area contributed by atoms with Gasteiger partial charge in [0, 0.05) is 4.70 Å². The summed E-state index contributed by atoms with van der Waals surface area (Å²) in [5.41, 5.74) is 1.16. The summed E-state index contributed by atoms with van der Waals surface area (Å²) in [7, 11) is 0. The molecule has 0 bridgehead atoms. The lowest BCUT2D eigenvalue weighted by atomic mass is 9.99. The smallest absolute Gasteiger partial charge is 0.0837 e. The fraction of sp³-hybridized carbons (Fsp3) is 0.467. The van der Waals surface area contributed by atoms with Gasteiger partial charge in [-0.05, 0) is 53.0 Å². The fourth-order valence-corrected chi connectivity index (χ4v) is 4.75. The number of fused-ring (bicyclic) bond motifs is 2. The average molecular weight is 244 g/mol. The molecule has 2 heteroatoms.